The third kappa shape index (κ3) is 2.90. The zero-order valence-electron chi connectivity index (χ0n) is 11.4. The van der Waals surface area contributed by atoms with Gasteiger partial charge in [0.05, 0.1) is 18.6 Å². The van der Waals surface area contributed by atoms with Crippen LogP contribution in [0.5, 0.6) is 0 Å². The predicted octanol–water partition coefficient (Wildman–Crippen LogP) is 0.0782. The molecule has 2 fully saturated rings. The van der Waals surface area contributed by atoms with Gasteiger partial charge in [-0.1, -0.05) is 6.92 Å². The van der Waals surface area contributed by atoms with Crippen molar-refractivity contribution in [1.29, 1.82) is 0 Å². The van der Waals surface area contributed by atoms with Gasteiger partial charge in [0.2, 0.25) is 5.91 Å². The predicted molar refractivity (Wildman–Crippen MR) is 68.8 cm³/mol. The Morgan fingerprint density at radius 3 is 2.89 bits per heavy atom. The lowest BCUT2D eigenvalue weighted by molar-refractivity contribution is -0.163. The topological polar surface area (TPSA) is 78.9 Å². The fourth-order valence-electron chi connectivity index (χ4n) is 2.92. The van der Waals surface area contributed by atoms with Crippen molar-refractivity contribution in [1.82, 2.24) is 10.2 Å². The van der Waals surface area contributed by atoms with Gasteiger partial charge in [-0.05, 0) is 25.8 Å². The summed E-state index contributed by atoms with van der Waals surface area (Å²) in [6.07, 6.45) is 1.77. The van der Waals surface area contributed by atoms with Crippen LogP contribution in [0.15, 0.2) is 0 Å². The van der Waals surface area contributed by atoms with E-state index in [1.807, 2.05) is 6.92 Å². The highest BCUT2D eigenvalue weighted by Crippen LogP contribution is 2.32. The summed E-state index contributed by atoms with van der Waals surface area (Å²) >= 11 is 0. The van der Waals surface area contributed by atoms with Crippen molar-refractivity contribution in [2.45, 2.75) is 32.3 Å². The van der Waals surface area contributed by atoms with E-state index < -0.39 is 12.1 Å². The van der Waals surface area contributed by atoms with Crippen LogP contribution < -0.4 is 5.32 Å². The van der Waals surface area contributed by atoms with Gasteiger partial charge < -0.3 is 20.1 Å². The van der Waals surface area contributed by atoms with Gasteiger partial charge in [0.25, 0.3) is 0 Å². The number of nitrogens with one attached hydrogen (secondary N) is 1. The second-order valence-electron chi connectivity index (χ2n) is 5.36. The molecule has 2 saturated heterocycles. The van der Waals surface area contributed by atoms with Gasteiger partial charge in [-0.2, -0.15) is 0 Å². The number of hydrogen-bond donors (Lipinski definition) is 2. The van der Waals surface area contributed by atoms with Gasteiger partial charge in [-0.3, -0.25) is 4.79 Å². The molecular weight excluding hydrogens is 248 g/mol. The number of carboxylic acids is 1. The molecule has 19 heavy (non-hydrogen) atoms. The maximum absolute atomic E-state index is 12.7. The number of nitrogens with zero attached hydrogens (tertiary/aromatic N) is 1. The SMILES string of the molecule is CCC1(C(=O)N2CCOC(C(=O)O)C2)CCCNC1. The standard InChI is InChI=1S/C13H22N2O4/c1-2-13(4-3-5-14-9-13)12(18)15-6-7-19-10(8-15)11(16)17/h10,14H,2-9H2,1H3,(H,16,17). The molecule has 6 nitrogen and oxygen atoms in total. The molecular formula is C13H22N2O4. The highest BCUT2D eigenvalue weighted by Gasteiger charge is 2.42. The lowest BCUT2D eigenvalue weighted by Gasteiger charge is -2.41. The van der Waals surface area contributed by atoms with Crippen LogP contribution in [0.3, 0.4) is 0 Å². The number of morpholine rings is 1. The van der Waals surface area contributed by atoms with Gasteiger partial charge in [0.1, 0.15) is 0 Å². The van der Waals surface area contributed by atoms with Gasteiger partial charge in [-0.15, -0.1) is 0 Å². The molecule has 6 heteroatoms. The second kappa shape index (κ2) is 5.88. The summed E-state index contributed by atoms with van der Waals surface area (Å²) in [5.41, 5.74) is -0.362. The number of rotatable bonds is 3. The first kappa shape index (κ1) is 14.3. The van der Waals surface area contributed by atoms with Crippen LogP contribution in [0, 0.1) is 5.41 Å². The lowest BCUT2D eigenvalue weighted by atomic mass is 9.77. The number of ether oxygens (including phenoxy) is 1. The summed E-state index contributed by atoms with van der Waals surface area (Å²) in [5, 5.41) is 12.3. The van der Waals surface area contributed by atoms with Crippen molar-refractivity contribution in [3.05, 3.63) is 0 Å². The summed E-state index contributed by atoms with van der Waals surface area (Å²) in [6, 6.07) is 0. The van der Waals surface area contributed by atoms with E-state index in [2.05, 4.69) is 5.32 Å². The van der Waals surface area contributed by atoms with E-state index in [1.165, 1.54) is 0 Å². The van der Waals surface area contributed by atoms with E-state index in [0.29, 0.717) is 19.7 Å². The molecule has 0 radical (unpaired) electrons. The van der Waals surface area contributed by atoms with Gasteiger partial charge in [-0.25, -0.2) is 4.79 Å². The van der Waals surface area contributed by atoms with Crippen LogP contribution >= 0.6 is 0 Å². The first-order valence-corrected chi connectivity index (χ1v) is 6.93. The molecule has 0 spiro atoms. The quantitative estimate of drug-likeness (QED) is 0.759. The number of carbonyl (C=O) groups excluding carboxylic acids is 1. The summed E-state index contributed by atoms with van der Waals surface area (Å²) in [6.45, 7) is 4.63. The number of piperidine rings is 1. The fraction of sp³-hybridized carbons (Fsp3) is 0.846. The molecule has 0 aromatic rings. The molecule has 2 unspecified atom stereocenters. The molecule has 2 rings (SSSR count). The van der Waals surface area contributed by atoms with E-state index in [4.69, 9.17) is 9.84 Å². The largest absolute Gasteiger partial charge is 0.479 e. The summed E-state index contributed by atoms with van der Waals surface area (Å²) in [5.74, 6) is -0.915. The van der Waals surface area contributed by atoms with Crippen LogP contribution in [0.1, 0.15) is 26.2 Å². The minimum Gasteiger partial charge on any atom is -0.479 e. The average molecular weight is 270 g/mol. The zero-order chi connectivity index (χ0) is 13.9. The third-order valence-electron chi connectivity index (χ3n) is 4.23. The molecule has 1 amide bonds. The van der Waals surface area contributed by atoms with Crippen LogP contribution in [-0.2, 0) is 14.3 Å². The maximum Gasteiger partial charge on any atom is 0.334 e. The number of amides is 1. The molecule has 2 aliphatic rings. The molecule has 0 aromatic heterocycles. The van der Waals surface area contributed by atoms with E-state index in [0.717, 1.165) is 25.8 Å². The first-order valence-electron chi connectivity index (χ1n) is 6.93. The fourth-order valence-corrected chi connectivity index (χ4v) is 2.92. The molecule has 108 valence electrons. The van der Waals surface area contributed by atoms with Crippen LogP contribution in [0.4, 0.5) is 0 Å². The summed E-state index contributed by atoms with van der Waals surface area (Å²) in [7, 11) is 0. The van der Waals surface area contributed by atoms with Gasteiger partial charge in [0.15, 0.2) is 6.10 Å². The average Bonchev–Trinajstić information content (AvgIpc) is 2.47. The van der Waals surface area contributed by atoms with Gasteiger partial charge >= 0.3 is 5.97 Å². The highest BCUT2D eigenvalue weighted by atomic mass is 16.5. The Balaban J connectivity index is 2.06. The molecule has 0 saturated carbocycles. The number of hydrogen-bond acceptors (Lipinski definition) is 4. The summed E-state index contributed by atoms with van der Waals surface area (Å²) < 4.78 is 5.16. The Hall–Kier alpha value is -1.14. The minimum absolute atomic E-state index is 0.0803. The van der Waals surface area contributed by atoms with E-state index >= 15 is 0 Å². The number of carbonyl (C=O) groups is 2. The van der Waals surface area contributed by atoms with Crippen molar-refractivity contribution in [2.75, 3.05) is 32.8 Å². The number of aliphatic carboxylic acids is 1. The minimum atomic E-state index is -0.996. The van der Waals surface area contributed by atoms with Gasteiger partial charge in [0, 0.05) is 13.1 Å². The molecule has 0 aliphatic carbocycles. The Labute approximate surface area is 113 Å². The summed E-state index contributed by atoms with van der Waals surface area (Å²) in [4.78, 5) is 25.4. The van der Waals surface area contributed by atoms with E-state index in [1.54, 1.807) is 4.90 Å². The van der Waals surface area contributed by atoms with Crippen LogP contribution in [-0.4, -0.2) is 60.8 Å². The van der Waals surface area contributed by atoms with Crippen LogP contribution in [0.2, 0.25) is 0 Å². The Bertz CT molecular complexity index is 353. The van der Waals surface area contributed by atoms with E-state index in [9.17, 15) is 9.59 Å². The molecule has 2 heterocycles. The first-order chi connectivity index (χ1) is 9.09. The van der Waals surface area contributed by atoms with Crippen molar-refractivity contribution < 1.29 is 19.4 Å². The zero-order valence-corrected chi connectivity index (χ0v) is 11.4. The van der Waals surface area contributed by atoms with Crippen molar-refractivity contribution in [2.24, 2.45) is 5.41 Å². The highest BCUT2D eigenvalue weighted by molar-refractivity contribution is 5.84. The molecule has 2 atom stereocenters. The van der Waals surface area contributed by atoms with Crippen molar-refractivity contribution in [3.63, 3.8) is 0 Å². The Morgan fingerprint density at radius 1 is 1.53 bits per heavy atom. The number of carboxylic acid groups (broad SMARTS) is 1. The lowest BCUT2D eigenvalue weighted by Crippen LogP contribution is -2.56. The third-order valence-corrected chi connectivity index (χ3v) is 4.23. The van der Waals surface area contributed by atoms with Crippen molar-refractivity contribution in [3.8, 4) is 0 Å². The second-order valence-corrected chi connectivity index (χ2v) is 5.36. The normalized spacial score (nSPS) is 32.1. The Kier molecular flexibility index (Phi) is 4.42. The van der Waals surface area contributed by atoms with Crippen molar-refractivity contribution >= 4 is 11.9 Å². The van der Waals surface area contributed by atoms with Crippen LogP contribution in [0.25, 0.3) is 0 Å². The molecule has 0 bridgehead atoms. The molecule has 0 aromatic carbocycles. The molecule has 2 aliphatic heterocycles. The monoisotopic (exact) mass is 270 g/mol. The molecule has 2 N–H and O–H groups in total. The van der Waals surface area contributed by atoms with E-state index in [-0.39, 0.29) is 17.9 Å². The Morgan fingerprint density at radius 2 is 2.32 bits per heavy atom. The maximum atomic E-state index is 12.7. The smallest absolute Gasteiger partial charge is 0.334 e.